The number of nitrogens with two attached hydrogens (primary N) is 1. The average molecular weight is 297 g/mol. The van der Waals surface area contributed by atoms with Gasteiger partial charge >= 0.3 is 0 Å². The van der Waals surface area contributed by atoms with Crippen LogP contribution in [0.25, 0.3) is 0 Å². The third-order valence-electron chi connectivity index (χ3n) is 3.14. The molecular formula is C13H17BrN2O. The Hall–Kier alpha value is -0.870. The van der Waals surface area contributed by atoms with Crippen molar-refractivity contribution in [3.8, 4) is 0 Å². The zero-order valence-corrected chi connectivity index (χ0v) is 11.3. The van der Waals surface area contributed by atoms with Gasteiger partial charge in [-0.15, -0.1) is 0 Å². The van der Waals surface area contributed by atoms with Crippen LogP contribution in [-0.4, -0.2) is 22.7 Å². The highest BCUT2D eigenvalue weighted by atomic mass is 79.9. The van der Waals surface area contributed by atoms with Crippen molar-refractivity contribution in [2.45, 2.75) is 19.5 Å². The van der Waals surface area contributed by atoms with E-state index in [1.807, 2.05) is 17.0 Å². The topological polar surface area (TPSA) is 46.3 Å². The second kappa shape index (κ2) is 5.65. The summed E-state index contributed by atoms with van der Waals surface area (Å²) in [6.07, 6.45) is 0.673. The van der Waals surface area contributed by atoms with Gasteiger partial charge in [0, 0.05) is 31.4 Å². The number of carbonyl (C=O) groups is 1. The summed E-state index contributed by atoms with van der Waals surface area (Å²) in [5.41, 5.74) is 7.85. The molecule has 0 spiro atoms. The van der Waals surface area contributed by atoms with Gasteiger partial charge in [-0.05, 0) is 17.0 Å². The monoisotopic (exact) mass is 296 g/mol. The minimum absolute atomic E-state index is 0.261. The van der Waals surface area contributed by atoms with Gasteiger partial charge in [-0.25, -0.2) is 0 Å². The smallest absolute Gasteiger partial charge is 0.223 e. The highest BCUT2D eigenvalue weighted by Crippen LogP contribution is 2.21. The summed E-state index contributed by atoms with van der Waals surface area (Å²) in [6, 6.07) is 8.16. The van der Waals surface area contributed by atoms with Gasteiger partial charge in [0.25, 0.3) is 0 Å². The molecule has 1 aliphatic rings. The second-order valence-corrected chi connectivity index (χ2v) is 5.17. The number of nitrogens with zero attached hydrogens (tertiary/aromatic N) is 1. The number of benzene rings is 1. The molecule has 1 fully saturated rings. The maximum atomic E-state index is 11.8. The van der Waals surface area contributed by atoms with E-state index < -0.39 is 0 Å². The molecular weight excluding hydrogens is 280 g/mol. The molecule has 1 amide bonds. The quantitative estimate of drug-likeness (QED) is 0.863. The number of halogens is 1. The molecule has 0 bridgehead atoms. The largest absolute Gasteiger partial charge is 0.338 e. The lowest BCUT2D eigenvalue weighted by atomic mass is 10.1. The molecule has 3 nitrogen and oxygen atoms in total. The van der Waals surface area contributed by atoms with Gasteiger partial charge in [0.2, 0.25) is 5.91 Å². The van der Waals surface area contributed by atoms with E-state index in [1.54, 1.807) is 0 Å². The summed E-state index contributed by atoms with van der Waals surface area (Å²) < 4.78 is 0. The number of hydrogen-bond acceptors (Lipinski definition) is 2. The summed E-state index contributed by atoms with van der Waals surface area (Å²) in [4.78, 5) is 13.7. The number of rotatable bonds is 4. The van der Waals surface area contributed by atoms with Crippen molar-refractivity contribution in [2.75, 3.05) is 11.9 Å². The molecule has 1 heterocycles. The summed E-state index contributed by atoms with van der Waals surface area (Å²) in [7, 11) is 0. The predicted molar refractivity (Wildman–Crippen MR) is 71.7 cm³/mol. The van der Waals surface area contributed by atoms with Crippen LogP contribution in [0, 0.1) is 5.92 Å². The predicted octanol–water partition coefficient (Wildman–Crippen LogP) is 1.89. The molecule has 1 unspecified atom stereocenters. The molecule has 17 heavy (non-hydrogen) atoms. The van der Waals surface area contributed by atoms with Crippen molar-refractivity contribution in [3.63, 3.8) is 0 Å². The fourth-order valence-corrected chi connectivity index (χ4v) is 2.54. The van der Waals surface area contributed by atoms with Crippen LogP contribution in [0.3, 0.4) is 0 Å². The van der Waals surface area contributed by atoms with Gasteiger partial charge in [0.15, 0.2) is 0 Å². The lowest BCUT2D eigenvalue weighted by molar-refractivity contribution is -0.128. The average Bonchev–Trinajstić information content (AvgIpc) is 2.71. The van der Waals surface area contributed by atoms with E-state index in [2.05, 4.69) is 28.1 Å². The number of likely N-dealkylation sites (tertiary alicyclic amines) is 1. The first-order valence-electron chi connectivity index (χ1n) is 5.84. The zero-order valence-electron chi connectivity index (χ0n) is 9.73. The van der Waals surface area contributed by atoms with E-state index in [9.17, 15) is 4.79 Å². The highest BCUT2D eigenvalue weighted by molar-refractivity contribution is 9.09. The van der Waals surface area contributed by atoms with Crippen LogP contribution in [0.15, 0.2) is 24.3 Å². The number of hydrogen-bond donors (Lipinski definition) is 1. The van der Waals surface area contributed by atoms with E-state index in [-0.39, 0.29) is 5.91 Å². The highest BCUT2D eigenvalue weighted by Gasteiger charge is 2.28. The summed E-state index contributed by atoms with van der Waals surface area (Å²) in [6.45, 7) is 2.14. The Morgan fingerprint density at radius 2 is 1.94 bits per heavy atom. The van der Waals surface area contributed by atoms with Crippen LogP contribution in [-0.2, 0) is 17.9 Å². The molecule has 1 aromatic carbocycles. The molecule has 1 saturated heterocycles. The van der Waals surface area contributed by atoms with Gasteiger partial charge in [0.1, 0.15) is 0 Å². The normalized spacial score (nSPS) is 20.0. The van der Waals surface area contributed by atoms with Crippen LogP contribution in [0.1, 0.15) is 17.5 Å². The fourth-order valence-electron chi connectivity index (χ4n) is 2.11. The van der Waals surface area contributed by atoms with Crippen LogP contribution >= 0.6 is 15.9 Å². The molecule has 0 saturated carbocycles. The molecule has 4 heteroatoms. The Kier molecular flexibility index (Phi) is 4.18. The minimum Gasteiger partial charge on any atom is -0.338 e. The van der Waals surface area contributed by atoms with Gasteiger partial charge in [-0.1, -0.05) is 40.2 Å². The second-order valence-electron chi connectivity index (χ2n) is 4.52. The number of amides is 1. The van der Waals surface area contributed by atoms with Crippen molar-refractivity contribution >= 4 is 21.8 Å². The Morgan fingerprint density at radius 3 is 2.47 bits per heavy atom. The summed E-state index contributed by atoms with van der Waals surface area (Å²) >= 11 is 3.44. The first-order valence-corrected chi connectivity index (χ1v) is 6.96. The van der Waals surface area contributed by atoms with Crippen molar-refractivity contribution in [1.82, 2.24) is 4.90 Å². The van der Waals surface area contributed by atoms with Gasteiger partial charge in [0.05, 0.1) is 0 Å². The molecule has 1 atom stereocenters. The minimum atomic E-state index is 0.261. The lowest BCUT2D eigenvalue weighted by Crippen LogP contribution is -2.24. The van der Waals surface area contributed by atoms with Crippen LogP contribution < -0.4 is 5.73 Å². The van der Waals surface area contributed by atoms with Crippen LogP contribution in [0.2, 0.25) is 0 Å². The third kappa shape index (κ3) is 3.07. The maximum absolute atomic E-state index is 11.8. The Balaban J connectivity index is 1.98. The summed E-state index contributed by atoms with van der Waals surface area (Å²) in [5.74, 6) is 0.725. The Labute approximate surface area is 110 Å². The van der Waals surface area contributed by atoms with Gasteiger partial charge in [-0.2, -0.15) is 0 Å². The van der Waals surface area contributed by atoms with Gasteiger partial charge in [-0.3, -0.25) is 4.79 Å². The number of carbonyl (C=O) groups excluding carboxylic acids is 1. The first-order chi connectivity index (χ1) is 8.22. The van der Waals surface area contributed by atoms with Crippen LogP contribution in [0.4, 0.5) is 0 Å². The molecule has 2 N–H and O–H groups in total. The van der Waals surface area contributed by atoms with Crippen molar-refractivity contribution < 1.29 is 4.79 Å². The van der Waals surface area contributed by atoms with E-state index in [1.165, 1.54) is 5.56 Å². The third-order valence-corrected chi connectivity index (χ3v) is 4.06. The molecule has 1 aliphatic heterocycles. The van der Waals surface area contributed by atoms with E-state index >= 15 is 0 Å². The van der Waals surface area contributed by atoms with E-state index in [0.29, 0.717) is 25.4 Å². The molecule has 0 radical (unpaired) electrons. The van der Waals surface area contributed by atoms with Crippen molar-refractivity contribution in [3.05, 3.63) is 35.4 Å². The first kappa shape index (κ1) is 12.6. The van der Waals surface area contributed by atoms with E-state index in [0.717, 1.165) is 17.4 Å². The molecule has 2 rings (SSSR count). The van der Waals surface area contributed by atoms with Crippen molar-refractivity contribution in [2.24, 2.45) is 11.7 Å². The fraction of sp³-hybridized carbons (Fsp3) is 0.462. The Morgan fingerprint density at radius 1 is 1.29 bits per heavy atom. The number of alkyl halides is 1. The lowest BCUT2D eigenvalue weighted by Gasteiger charge is -2.16. The van der Waals surface area contributed by atoms with Gasteiger partial charge < -0.3 is 10.6 Å². The molecule has 1 aromatic rings. The molecule has 0 aromatic heterocycles. The maximum Gasteiger partial charge on any atom is 0.223 e. The molecule has 92 valence electrons. The SMILES string of the molecule is NCc1ccc(CN2CC(CBr)CC2=O)cc1. The molecule has 0 aliphatic carbocycles. The van der Waals surface area contributed by atoms with E-state index in [4.69, 9.17) is 5.73 Å². The Bertz CT molecular complexity index is 391. The van der Waals surface area contributed by atoms with Crippen LogP contribution in [0.5, 0.6) is 0 Å². The zero-order chi connectivity index (χ0) is 12.3. The standard InChI is InChI=1S/C13H17BrN2O/c14-6-12-5-13(17)16(9-12)8-11-3-1-10(7-15)2-4-11/h1-4,12H,5-9,15H2. The summed E-state index contributed by atoms with van der Waals surface area (Å²) in [5, 5.41) is 0.904. The van der Waals surface area contributed by atoms with Crippen molar-refractivity contribution in [1.29, 1.82) is 0 Å².